The first-order valence-electron chi connectivity index (χ1n) is 12.8. The second-order valence-electron chi connectivity index (χ2n) is 11.0. The normalized spacial score (nSPS) is 19.7. The SMILES string of the molecule is CC(C)(O)COc1ccc([C@@H](O)[C@@H](CN2CCCC2)NC(=O)C(F)(F)C2Cc3ccc(Cl)cc3C2)cc1Cl. The third-order valence-corrected chi connectivity index (χ3v) is 7.68. The van der Waals surface area contributed by atoms with E-state index in [0.29, 0.717) is 16.3 Å². The minimum absolute atomic E-state index is 0.00852. The molecule has 1 heterocycles. The number of likely N-dealkylation sites (tertiary alicyclic amines) is 1. The summed E-state index contributed by atoms with van der Waals surface area (Å²) in [5.74, 6) is -5.92. The van der Waals surface area contributed by atoms with Crippen molar-refractivity contribution in [2.75, 3.05) is 26.2 Å². The molecule has 1 fully saturated rings. The summed E-state index contributed by atoms with van der Waals surface area (Å²) < 4.78 is 36.4. The Morgan fingerprint density at radius 3 is 2.47 bits per heavy atom. The minimum Gasteiger partial charge on any atom is -0.489 e. The van der Waals surface area contributed by atoms with E-state index in [1.165, 1.54) is 6.07 Å². The highest BCUT2D eigenvalue weighted by Gasteiger charge is 2.50. The number of carbonyl (C=O) groups excluding carboxylic acids is 1. The first-order chi connectivity index (χ1) is 17.8. The maximum Gasteiger partial charge on any atom is 0.327 e. The van der Waals surface area contributed by atoms with E-state index in [0.717, 1.165) is 37.1 Å². The lowest BCUT2D eigenvalue weighted by atomic mass is 9.95. The number of carbonyl (C=O) groups is 1. The monoisotopic (exact) mass is 570 g/mol. The summed E-state index contributed by atoms with van der Waals surface area (Å²) in [5, 5.41) is 24.3. The van der Waals surface area contributed by atoms with Crippen molar-refractivity contribution in [1.29, 1.82) is 0 Å². The maximum atomic E-state index is 15.4. The van der Waals surface area contributed by atoms with Crippen LogP contribution < -0.4 is 10.1 Å². The summed E-state index contributed by atoms with van der Waals surface area (Å²) >= 11 is 12.4. The van der Waals surface area contributed by atoms with E-state index >= 15 is 8.78 Å². The van der Waals surface area contributed by atoms with Gasteiger partial charge in [-0.05, 0) is 93.6 Å². The number of nitrogens with one attached hydrogen (secondary N) is 1. The van der Waals surface area contributed by atoms with Gasteiger partial charge in [0.25, 0.3) is 5.91 Å². The summed E-state index contributed by atoms with van der Waals surface area (Å²) in [7, 11) is 0. The van der Waals surface area contributed by atoms with Crippen LogP contribution in [0.4, 0.5) is 8.78 Å². The molecule has 0 saturated carbocycles. The molecule has 38 heavy (non-hydrogen) atoms. The van der Waals surface area contributed by atoms with E-state index < -0.39 is 35.5 Å². The molecule has 0 bridgehead atoms. The molecule has 0 aromatic heterocycles. The van der Waals surface area contributed by atoms with Crippen molar-refractivity contribution >= 4 is 29.1 Å². The average Bonchev–Trinajstić information content (AvgIpc) is 3.51. The summed E-state index contributed by atoms with van der Waals surface area (Å²) in [4.78, 5) is 15.0. The van der Waals surface area contributed by atoms with Gasteiger partial charge in [0.1, 0.15) is 18.5 Å². The average molecular weight is 571 g/mol. The first kappa shape index (κ1) is 29.0. The number of ether oxygens (including phenoxy) is 1. The number of aliphatic hydroxyl groups excluding tert-OH is 1. The van der Waals surface area contributed by atoms with Crippen LogP contribution in [0.5, 0.6) is 5.75 Å². The Hall–Kier alpha value is -1.97. The Kier molecular flexibility index (Phi) is 8.89. The van der Waals surface area contributed by atoms with Gasteiger partial charge in [0.05, 0.1) is 16.7 Å². The molecule has 4 rings (SSSR count). The number of alkyl halides is 2. The molecule has 1 amide bonds. The van der Waals surface area contributed by atoms with Crippen molar-refractivity contribution < 1.29 is 28.5 Å². The third-order valence-electron chi connectivity index (χ3n) is 7.15. The predicted octanol–water partition coefficient (Wildman–Crippen LogP) is 4.81. The lowest BCUT2D eigenvalue weighted by molar-refractivity contribution is -0.155. The van der Waals surface area contributed by atoms with Gasteiger partial charge in [-0.3, -0.25) is 4.79 Å². The first-order valence-corrected chi connectivity index (χ1v) is 13.6. The number of amides is 1. The van der Waals surface area contributed by atoms with Gasteiger partial charge in [-0.15, -0.1) is 0 Å². The highest BCUT2D eigenvalue weighted by Crippen LogP contribution is 2.39. The van der Waals surface area contributed by atoms with Crippen molar-refractivity contribution in [3.8, 4) is 5.75 Å². The molecule has 0 spiro atoms. The van der Waals surface area contributed by atoms with Gasteiger partial charge < -0.3 is 25.2 Å². The molecule has 2 aliphatic rings. The molecule has 3 N–H and O–H groups in total. The molecule has 1 saturated heterocycles. The zero-order chi connectivity index (χ0) is 27.7. The van der Waals surface area contributed by atoms with Crippen LogP contribution in [-0.2, 0) is 17.6 Å². The van der Waals surface area contributed by atoms with E-state index in [4.69, 9.17) is 27.9 Å². The van der Waals surface area contributed by atoms with Gasteiger partial charge in [-0.2, -0.15) is 8.78 Å². The minimum atomic E-state index is -3.64. The Morgan fingerprint density at radius 2 is 1.82 bits per heavy atom. The molecule has 0 radical (unpaired) electrons. The molecule has 6 nitrogen and oxygen atoms in total. The van der Waals surface area contributed by atoms with Crippen molar-refractivity contribution in [2.45, 2.75) is 63.2 Å². The van der Waals surface area contributed by atoms with Crippen LogP contribution in [0, 0.1) is 5.92 Å². The van der Waals surface area contributed by atoms with Crippen LogP contribution >= 0.6 is 23.2 Å². The van der Waals surface area contributed by atoms with E-state index in [2.05, 4.69) is 5.32 Å². The van der Waals surface area contributed by atoms with Gasteiger partial charge in [0.2, 0.25) is 0 Å². The number of fused-ring (bicyclic) bond motifs is 1. The molecular formula is C28H34Cl2F2N2O4. The fourth-order valence-corrected chi connectivity index (χ4v) is 5.50. The van der Waals surface area contributed by atoms with E-state index in [9.17, 15) is 15.0 Å². The van der Waals surface area contributed by atoms with Gasteiger partial charge in [0.15, 0.2) is 0 Å². The number of hydrogen-bond acceptors (Lipinski definition) is 5. The highest BCUT2D eigenvalue weighted by molar-refractivity contribution is 6.32. The molecule has 1 unspecified atom stereocenters. The molecular weight excluding hydrogens is 537 g/mol. The zero-order valence-electron chi connectivity index (χ0n) is 21.5. The quantitative estimate of drug-likeness (QED) is 0.382. The van der Waals surface area contributed by atoms with Crippen LogP contribution in [0.1, 0.15) is 49.5 Å². The Morgan fingerprint density at radius 1 is 1.13 bits per heavy atom. The smallest absolute Gasteiger partial charge is 0.327 e. The molecule has 208 valence electrons. The summed E-state index contributed by atoms with van der Waals surface area (Å²) in [6.45, 7) is 4.95. The number of aliphatic hydroxyl groups is 2. The van der Waals surface area contributed by atoms with Crippen LogP contribution in [0.2, 0.25) is 10.0 Å². The lowest BCUT2D eigenvalue weighted by Gasteiger charge is -2.31. The Labute approximate surface area is 231 Å². The molecule has 3 atom stereocenters. The molecule has 10 heteroatoms. The number of rotatable bonds is 10. The molecule has 1 aliphatic heterocycles. The van der Waals surface area contributed by atoms with E-state index in [1.54, 1.807) is 44.2 Å². The van der Waals surface area contributed by atoms with Crippen LogP contribution in [0.3, 0.4) is 0 Å². The van der Waals surface area contributed by atoms with E-state index in [1.807, 2.05) is 4.90 Å². The van der Waals surface area contributed by atoms with Crippen LogP contribution in [0.25, 0.3) is 0 Å². The van der Waals surface area contributed by atoms with Crippen LogP contribution in [-0.4, -0.2) is 64.8 Å². The summed E-state index contributed by atoms with van der Waals surface area (Å²) in [5.41, 5.74) is 0.790. The number of halogens is 4. The molecule has 2 aromatic rings. The lowest BCUT2D eigenvalue weighted by Crippen LogP contribution is -2.54. The maximum absolute atomic E-state index is 15.4. The second-order valence-corrected chi connectivity index (χ2v) is 11.8. The zero-order valence-corrected chi connectivity index (χ0v) is 23.0. The topological polar surface area (TPSA) is 82.0 Å². The van der Waals surface area contributed by atoms with Crippen LogP contribution in [0.15, 0.2) is 36.4 Å². The van der Waals surface area contributed by atoms with Crippen molar-refractivity contribution in [3.63, 3.8) is 0 Å². The van der Waals surface area contributed by atoms with Gasteiger partial charge in [-0.1, -0.05) is 35.3 Å². The van der Waals surface area contributed by atoms with E-state index in [-0.39, 0.29) is 31.0 Å². The van der Waals surface area contributed by atoms with Gasteiger partial charge in [-0.25, -0.2) is 0 Å². The third kappa shape index (κ3) is 6.96. The Bertz CT molecular complexity index is 1150. The fraction of sp³-hybridized carbons (Fsp3) is 0.536. The second kappa shape index (κ2) is 11.6. The predicted molar refractivity (Wildman–Crippen MR) is 143 cm³/mol. The molecule has 2 aromatic carbocycles. The largest absolute Gasteiger partial charge is 0.489 e. The summed E-state index contributed by atoms with van der Waals surface area (Å²) in [6, 6.07) is 8.70. The number of nitrogens with zero attached hydrogens (tertiary/aromatic N) is 1. The number of hydrogen-bond donors (Lipinski definition) is 3. The van der Waals surface area contributed by atoms with Gasteiger partial charge in [0, 0.05) is 17.5 Å². The molecule has 1 aliphatic carbocycles. The van der Waals surface area contributed by atoms with Crippen molar-refractivity contribution in [3.05, 3.63) is 63.1 Å². The highest BCUT2D eigenvalue weighted by atomic mass is 35.5. The standard InChI is InChI=1S/C28H34Cl2F2N2O4/c1-27(2,37)16-38-24-8-6-18(14-22(24)30)25(35)23(15-34-9-3-4-10-34)33-26(36)28(31,32)20-11-17-5-7-21(29)13-19(17)12-20/h5-8,13-14,20,23,25,35,37H,3-4,9-12,15-16H2,1-2H3,(H,33,36)/t20?,23-,25-/m1/s1. The van der Waals surface area contributed by atoms with Crippen molar-refractivity contribution in [2.24, 2.45) is 5.92 Å². The number of benzene rings is 2. The van der Waals surface area contributed by atoms with Gasteiger partial charge >= 0.3 is 5.92 Å². The Balaban J connectivity index is 1.49. The van der Waals surface area contributed by atoms with Crippen molar-refractivity contribution in [1.82, 2.24) is 10.2 Å². The fourth-order valence-electron chi connectivity index (χ4n) is 5.07. The summed E-state index contributed by atoms with van der Waals surface area (Å²) in [6.07, 6.45) is 0.783.